The summed E-state index contributed by atoms with van der Waals surface area (Å²) in [5.41, 5.74) is 1.90. The van der Waals surface area contributed by atoms with E-state index in [1.807, 2.05) is 7.05 Å². The minimum absolute atomic E-state index is 0.0570. The largest absolute Gasteiger partial charge is 0.494 e. The first-order valence-electron chi connectivity index (χ1n) is 8.38. The van der Waals surface area contributed by atoms with Gasteiger partial charge in [0, 0.05) is 16.8 Å². The van der Waals surface area contributed by atoms with E-state index < -0.39 is 5.82 Å². The van der Waals surface area contributed by atoms with Gasteiger partial charge in [0.15, 0.2) is 23.4 Å². The topological polar surface area (TPSA) is 59.8 Å². The Labute approximate surface area is 152 Å². The quantitative estimate of drug-likeness (QED) is 0.744. The Hall–Kier alpha value is -2.73. The standard InChI is InChI=1S/C20H23FN2O3/c1-13(20(25)22-17-7-5-6-16(11-17)14(2)24)23(3)12-15-8-9-19(26-4)18(21)10-15/h5-11,13H,12H2,1-4H3,(H,22,25)/p+1/t13-/m1/s1. The number of ether oxygens (including phenoxy) is 1. The van der Waals surface area contributed by atoms with Crippen molar-refractivity contribution in [2.75, 3.05) is 19.5 Å². The highest BCUT2D eigenvalue weighted by Gasteiger charge is 2.22. The van der Waals surface area contributed by atoms with Crippen molar-refractivity contribution in [1.82, 2.24) is 0 Å². The molecular formula is C20H24FN2O3+. The Morgan fingerprint density at radius 3 is 2.58 bits per heavy atom. The predicted octanol–water partition coefficient (Wildman–Crippen LogP) is 2.08. The fourth-order valence-corrected chi connectivity index (χ4v) is 2.59. The van der Waals surface area contributed by atoms with Crippen LogP contribution in [-0.2, 0) is 11.3 Å². The molecule has 0 saturated carbocycles. The number of methoxy groups -OCH3 is 1. The molecular weight excluding hydrogens is 335 g/mol. The lowest BCUT2D eigenvalue weighted by Crippen LogP contribution is -3.12. The molecule has 2 N–H and O–H groups in total. The van der Waals surface area contributed by atoms with E-state index in [4.69, 9.17) is 4.74 Å². The van der Waals surface area contributed by atoms with E-state index in [1.165, 1.54) is 20.1 Å². The van der Waals surface area contributed by atoms with E-state index in [9.17, 15) is 14.0 Å². The Morgan fingerprint density at radius 2 is 1.96 bits per heavy atom. The van der Waals surface area contributed by atoms with Crippen LogP contribution in [0.15, 0.2) is 42.5 Å². The molecule has 2 aromatic rings. The normalized spacial score (nSPS) is 13.0. The lowest BCUT2D eigenvalue weighted by atomic mass is 10.1. The molecule has 2 atom stereocenters. The highest BCUT2D eigenvalue weighted by atomic mass is 19.1. The fraction of sp³-hybridized carbons (Fsp3) is 0.300. The van der Waals surface area contributed by atoms with Crippen LogP contribution in [0.1, 0.15) is 29.8 Å². The van der Waals surface area contributed by atoms with Crippen molar-refractivity contribution in [1.29, 1.82) is 0 Å². The first kappa shape index (κ1) is 19.6. The molecule has 2 rings (SSSR count). The van der Waals surface area contributed by atoms with Gasteiger partial charge in [0.05, 0.1) is 14.2 Å². The van der Waals surface area contributed by atoms with Crippen molar-refractivity contribution in [3.8, 4) is 5.75 Å². The number of ketones is 1. The van der Waals surface area contributed by atoms with Crippen LogP contribution >= 0.6 is 0 Å². The van der Waals surface area contributed by atoms with Gasteiger partial charge in [0.25, 0.3) is 5.91 Å². The molecule has 0 radical (unpaired) electrons. The van der Waals surface area contributed by atoms with Crippen LogP contribution in [0.4, 0.5) is 10.1 Å². The summed E-state index contributed by atoms with van der Waals surface area (Å²) in [5, 5.41) is 2.83. The van der Waals surface area contributed by atoms with Crippen molar-refractivity contribution >= 4 is 17.4 Å². The van der Waals surface area contributed by atoms with Crippen LogP contribution in [-0.4, -0.2) is 31.9 Å². The molecule has 1 amide bonds. The van der Waals surface area contributed by atoms with Crippen molar-refractivity contribution in [2.24, 2.45) is 0 Å². The van der Waals surface area contributed by atoms with Gasteiger partial charge in [0.2, 0.25) is 0 Å². The number of hydrogen-bond donors (Lipinski definition) is 2. The molecule has 5 nitrogen and oxygen atoms in total. The highest BCUT2D eigenvalue weighted by Crippen LogP contribution is 2.17. The fourth-order valence-electron chi connectivity index (χ4n) is 2.59. The second-order valence-corrected chi connectivity index (χ2v) is 6.34. The molecule has 0 aliphatic carbocycles. The molecule has 0 aliphatic rings. The van der Waals surface area contributed by atoms with E-state index in [0.717, 1.165) is 10.5 Å². The maximum absolute atomic E-state index is 13.8. The summed E-state index contributed by atoms with van der Waals surface area (Å²) in [6.45, 7) is 3.78. The lowest BCUT2D eigenvalue weighted by molar-refractivity contribution is -0.907. The number of anilines is 1. The van der Waals surface area contributed by atoms with Gasteiger partial charge in [0.1, 0.15) is 6.54 Å². The Bertz CT molecular complexity index is 807. The van der Waals surface area contributed by atoms with E-state index in [1.54, 1.807) is 43.3 Å². The molecule has 0 aromatic heterocycles. The lowest BCUT2D eigenvalue weighted by Gasteiger charge is -2.21. The summed E-state index contributed by atoms with van der Waals surface area (Å²) in [6.07, 6.45) is 0. The van der Waals surface area contributed by atoms with Crippen LogP contribution in [0.2, 0.25) is 0 Å². The van der Waals surface area contributed by atoms with Gasteiger partial charge in [-0.15, -0.1) is 0 Å². The zero-order chi connectivity index (χ0) is 19.3. The van der Waals surface area contributed by atoms with Gasteiger partial charge in [-0.2, -0.15) is 0 Å². The number of rotatable bonds is 7. The maximum Gasteiger partial charge on any atom is 0.282 e. The van der Waals surface area contributed by atoms with Gasteiger partial charge in [-0.3, -0.25) is 9.59 Å². The first-order chi connectivity index (χ1) is 12.3. The molecule has 6 heteroatoms. The number of benzene rings is 2. The number of carbonyl (C=O) groups excluding carboxylic acids is 2. The molecule has 2 aromatic carbocycles. The first-order valence-corrected chi connectivity index (χ1v) is 8.38. The Morgan fingerprint density at radius 1 is 1.23 bits per heavy atom. The Balaban J connectivity index is 2.02. The Kier molecular flexibility index (Phi) is 6.46. The second-order valence-electron chi connectivity index (χ2n) is 6.34. The van der Waals surface area contributed by atoms with Gasteiger partial charge >= 0.3 is 0 Å². The van der Waals surface area contributed by atoms with Crippen molar-refractivity contribution in [3.05, 3.63) is 59.4 Å². The van der Waals surface area contributed by atoms with E-state index >= 15 is 0 Å². The zero-order valence-corrected chi connectivity index (χ0v) is 15.4. The summed E-state index contributed by atoms with van der Waals surface area (Å²) in [4.78, 5) is 24.8. The molecule has 0 heterocycles. The second kappa shape index (κ2) is 8.58. The number of Topliss-reactive ketones (excluding diaryl/α,β-unsaturated/α-hetero) is 1. The van der Waals surface area contributed by atoms with Crippen molar-refractivity contribution in [2.45, 2.75) is 26.4 Å². The SMILES string of the molecule is COc1ccc(C[NH+](C)[C@H](C)C(=O)Nc2cccc(C(C)=O)c2)cc1F. The molecule has 0 aliphatic heterocycles. The molecule has 138 valence electrons. The smallest absolute Gasteiger partial charge is 0.282 e. The summed E-state index contributed by atoms with van der Waals surface area (Å²) < 4.78 is 18.7. The van der Waals surface area contributed by atoms with E-state index in [-0.39, 0.29) is 23.5 Å². The molecule has 1 unspecified atom stereocenters. The molecule has 0 spiro atoms. The third-order valence-electron chi connectivity index (χ3n) is 4.37. The average Bonchev–Trinajstić information content (AvgIpc) is 2.61. The van der Waals surface area contributed by atoms with Crippen LogP contribution in [0.3, 0.4) is 0 Å². The van der Waals surface area contributed by atoms with Crippen molar-refractivity contribution < 1.29 is 23.6 Å². The number of halogens is 1. The minimum Gasteiger partial charge on any atom is -0.494 e. The number of quaternary nitrogens is 1. The van der Waals surface area contributed by atoms with Gasteiger partial charge in [-0.25, -0.2) is 4.39 Å². The summed E-state index contributed by atoms with van der Waals surface area (Å²) >= 11 is 0. The summed E-state index contributed by atoms with van der Waals surface area (Å²) in [6, 6.07) is 11.3. The van der Waals surface area contributed by atoms with Crippen LogP contribution < -0.4 is 15.0 Å². The van der Waals surface area contributed by atoms with Gasteiger partial charge in [-0.05, 0) is 44.2 Å². The molecule has 26 heavy (non-hydrogen) atoms. The van der Waals surface area contributed by atoms with Crippen LogP contribution in [0.5, 0.6) is 5.75 Å². The summed E-state index contributed by atoms with van der Waals surface area (Å²) in [5.74, 6) is -0.450. The molecule has 0 bridgehead atoms. The van der Waals surface area contributed by atoms with E-state index in [2.05, 4.69) is 5.32 Å². The summed E-state index contributed by atoms with van der Waals surface area (Å²) in [7, 11) is 3.29. The number of carbonyl (C=O) groups is 2. The van der Waals surface area contributed by atoms with Crippen LogP contribution in [0.25, 0.3) is 0 Å². The number of nitrogens with one attached hydrogen (secondary N) is 2. The maximum atomic E-state index is 13.8. The predicted molar refractivity (Wildman–Crippen MR) is 98.1 cm³/mol. The average molecular weight is 359 g/mol. The third kappa shape index (κ3) is 4.89. The van der Waals surface area contributed by atoms with Gasteiger partial charge in [-0.1, -0.05) is 12.1 Å². The van der Waals surface area contributed by atoms with E-state index in [0.29, 0.717) is 17.8 Å². The molecule has 0 fully saturated rings. The monoisotopic (exact) mass is 359 g/mol. The van der Waals surface area contributed by atoms with Gasteiger partial charge < -0.3 is 15.0 Å². The number of likely N-dealkylation sites (N-methyl/N-ethyl adjacent to an activating group) is 1. The molecule has 0 saturated heterocycles. The zero-order valence-electron chi connectivity index (χ0n) is 15.4. The third-order valence-corrected chi connectivity index (χ3v) is 4.37. The minimum atomic E-state index is -0.420. The highest BCUT2D eigenvalue weighted by molar-refractivity contribution is 5.97. The number of hydrogen-bond acceptors (Lipinski definition) is 3. The van der Waals surface area contributed by atoms with Crippen molar-refractivity contribution in [3.63, 3.8) is 0 Å². The van der Waals surface area contributed by atoms with Crippen LogP contribution in [0, 0.1) is 5.82 Å². The number of amides is 1.